The lowest BCUT2D eigenvalue weighted by molar-refractivity contribution is -0.127. The quantitative estimate of drug-likeness (QED) is 0.281. The Morgan fingerprint density at radius 3 is 2.81 bits per heavy atom. The van der Waals surface area contributed by atoms with E-state index in [2.05, 4.69) is 16.7 Å². The molecular formula is C23H33IN4O4. The van der Waals surface area contributed by atoms with Crippen LogP contribution in [-0.4, -0.2) is 63.3 Å². The predicted octanol–water partition coefficient (Wildman–Crippen LogP) is 2.74. The van der Waals surface area contributed by atoms with Gasteiger partial charge in [0, 0.05) is 39.0 Å². The Morgan fingerprint density at radius 2 is 2.12 bits per heavy atom. The number of likely N-dealkylation sites (N-methyl/N-ethyl adjacent to an activating group) is 1. The van der Waals surface area contributed by atoms with Crippen molar-refractivity contribution in [3.63, 3.8) is 0 Å². The summed E-state index contributed by atoms with van der Waals surface area (Å²) in [6, 6.07) is 9.93. The minimum Gasteiger partial charge on any atom is -0.488 e. The first-order valence-electron chi connectivity index (χ1n) is 10.6. The third-order valence-electron chi connectivity index (χ3n) is 4.96. The van der Waals surface area contributed by atoms with Crippen molar-refractivity contribution in [2.24, 2.45) is 4.99 Å². The summed E-state index contributed by atoms with van der Waals surface area (Å²) in [4.78, 5) is 18.2. The van der Waals surface area contributed by atoms with Gasteiger partial charge in [0.2, 0.25) is 5.91 Å². The van der Waals surface area contributed by atoms with Gasteiger partial charge >= 0.3 is 0 Å². The van der Waals surface area contributed by atoms with E-state index in [1.807, 2.05) is 31.2 Å². The van der Waals surface area contributed by atoms with Crippen LogP contribution in [0.15, 0.2) is 46.0 Å². The van der Waals surface area contributed by atoms with Crippen LogP contribution in [0, 0.1) is 6.92 Å². The Hall–Kier alpha value is -2.27. The van der Waals surface area contributed by atoms with Gasteiger partial charge in [-0.1, -0.05) is 12.1 Å². The van der Waals surface area contributed by atoms with E-state index in [4.69, 9.17) is 18.9 Å². The van der Waals surface area contributed by atoms with Crippen molar-refractivity contribution in [1.82, 2.24) is 15.5 Å². The number of rotatable bonds is 9. The number of hydrogen-bond donors (Lipinski definition) is 2. The van der Waals surface area contributed by atoms with Crippen molar-refractivity contribution >= 4 is 35.8 Å². The molecule has 0 spiro atoms. The van der Waals surface area contributed by atoms with Crippen molar-refractivity contribution < 1.29 is 18.7 Å². The van der Waals surface area contributed by atoms with Gasteiger partial charge in [-0.3, -0.25) is 4.79 Å². The van der Waals surface area contributed by atoms with Crippen LogP contribution >= 0.6 is 24.0 Å². The maximum Gasteiger partial charge on any atom is 0.241 e. The van der Waals surface area contributed by atoms with Gasteiger partial charge in [-0.25, -0.2) is 4.99 Å². The molecule has 8 nitrogen and oxygen atoms in total. The molecule has 1 aliphatic heterocycles. The number of carbonyl (C=O) groups is 1. The first kappa shape index (κ1) is 26.0. The van der Waals surface area contributed by atoms with E-state index in [9.17, 15) is 4.79 Å². The summed E-state index contributed by atoms with van der Waals surface area (Å²) in [6.45, 7) is 4.61. The number of aliphatic imine (C=N–C) groups is 1. The monoisotopic (exact) mass is 556 g/mol. The van der Waals surface area contributed by atoms with Crippen LogP contribution in [-0.2, 0) is 22.5 Å². The zero-order chi connectivity index (χ0) is 22.1. The molecule has 32 heavy (non-hydrogen) atoms. The highest BCUT2D eigenvalue weighted by Crippen LogP contribution is 2.24. The smallest absolute Gasteiger partial charge is 0.241 e. The van der Waals surface area contributed by atoms with Crippen LogP contribution in [0.2, 0.25) is 0 Å². The molecule has 2 N–H and O–H groups in total. The highest BCUT2D eigenvalue weighted by molar-refractivity contribution is 14.0. The van der Waals surface area contributed by atoms with E-state index in [1.54, 1.807) is 25.3 Å². The maximum atomic E-state index is 12.0. The van der Waals surface area contributed by atoms with Gasteiger partial charge in [-0.15, -0.1) is 24.0 Å². The Morgan fingerprint density at radius 1 is 1.28 bits per heavy atom. The third kappa shape index (κ3) is 8.34. The number of guanidine groups is 1. The van der Waals surface area contributed by atoms with Gasteiger partial charge in [-0.2, -0.15) is 0 Å². The lowest BCUT2D eigenvalue weighted by atomic mass is 10.1. The number of hydrogen-bond acceptors (Lipinski definition) is 5. The Balaban J connectivity index is 0.00000363. The van der Waals surface area contributed by atoms with Crippen LogP contribution in [0.5, 0.6) is 5.75 Å². The predicted molar refractivity (Wildman–Crippen MR) is 135 cm³/mol. The molecule has 176 valence electrons. The number of ether oxygens (including phenoxy) is 2. The molecule has 1 aliphatic rings. The summed E-state index contributed by atoms with van der Waals surface area (Å²) in [5.41, 5.74) is 2.12. The minimum absolute atomic E-state index is 0. The van der Waals surface area contributed by atoms with E-state index in [-0.39, 0.29) is 42.5 Å². The highest BCUT2D eigenvalue weighted by Gasteiger charge is 2.18. The number of nitrogens with one attached hydrogen (secondary N) is 2. The molecule has 9 heteroatoms. The van der Waals surface area contributed by atoms with E-state index >= 15 is 0 Å². The zero-order valence-electron chi connectivity index (χ0n) is 18.9. The fourth-order valence-corrected chi connectivity index (χ4v) is 3.10. The molecule has 1 amide bonds. The topological polar surface area (TPSA) is 88.3 Å². The number of aryl methyl sites for hydroxylation is 1. The van der Waals surface area contributed by atoms with E-state index in [0.717, 1.165) is 42.1 Å². The average molecular weight is 556 g/mol. The molecule has 1 atom stereocenters. The summed E-state index contributed by atoms with van der Waals surface area (Å²) in [7, 11) is 3.46. The Bertz CT molecular complexity index is 865. The van der Waals surface area contributed by atoms with Crippen molar-refractivity contribution in [2.45, 2.75) is 32.4 Å². The van der Waals surface area contributed by atoms with Gasteiger partial charge in [0.15, 0.2) is 5.96 Å². The molecule has 2 heterocycles. The van der Waals surface area contributed by atoms with Crippen LogP contribution in [0.25, 0.3) is 0 Å². The van der Waals surface area contributed by atoms with E-state index in [1.165, 1.54) is 0 Å². The van der Waals surface area contributed by atoms with Crippen LogP contribution in [0.4, 0.5) is 0 Å². The highest BCUT2D eigenvalue weighted by atomic mass is 127. The molecular weight excluding hydrogens is 523 g/mol. The number of carbonyl (C=O) groups excluding carboxylic acids is 1. The summed E-state index contributed by atoms with van der Waals surface area (Å²) < 4.78 is 17.0. The Kier molecular flexibility index (Phi) is 10.8. The average Bonchev–Trinajstić information content (AvgIpc) is 3.44. The number of amides is 1. The third-order valence-corrected chi connectivity index (χ3v) is 4.96. The molecule has 1 aromatic heterocycles. The molecule has 0 bridgehead atoms. The standard InChI is InChI=1S/C23H32N4O4.HI/c1-17-6-7-18(21(13-17)31-20-9-12-29-16-20)14-25-23(26-15-22(28)27(2)3)24-10-8-19-5-4-11-30-19;/h4-7,11,13,20H,8-10,12,14-16H2,1-3H3,(H2,24,25,26);1H. The SMILES string of the molecule is Cc1ccc(CN=C(NCCc2ccco2)NCC(=O)N(C)C)c(OC2CCOC2)c1.I. The van der Waals surface area contributed by atoms with Gasteiger partial charge in [-0.05, 0) is 30.7 Å². The van der Waals surface area contributed by atoms with Crippen molar-refractivity contribution in [3.05, 3.63) is 53.5 Å². The normalized spacial score (nSPS) is 15.7. The lowest BCUT2D eigenvalue weighted by Crippen LogP contribution is -2.43. The van der Waals surface area contributed by atoms with Gasteiger partial charge < -0.3 is 29.4 Å². The Labute approximate surface area is 206 Å². The number of nitrogens with zero attached hydrogens (tertiary/aromatic N) is 2. The van der Waals surface area contributed by atoms with Crippen LogP contribution in [0.3, 0.4) is 0 Å². The van der Waals surface area contributed by atoms with E-state index in [0.29, 0.717) is 25.7 Å². The van der Waals surface area contributed by atoms with Gasteiger partial charge in [0.05, 0.1) is 32.6 Å². The number of benzene rings is 1. The van der Waals surface area contributed by atoms with Crippen molar-refractivity contribution in [1.29, 1.82) is 0 Å². The summed E-state index contributed by atoms with van der Waals surface area (Å²) in [5, 5.41) is 6.39. The second kappa shape index (κ2) is 13.3. The van der Waals surface area contributed by atoms with Crippen molar-refractivity contribution in [3.8, 4) is 5.75 Å². The summed E-state index contributed by atoms with van der Waals surface area (Å²) in [6.07, 6.45) is 3.35. The summed E-state index contributed by atoms with van der Waals surface area (Å²) in [5.74, 6) is 2.27. The molecule has 0 aliphatic carbocycles. The van der Waals surface area contributed by atoms with Crippen LogP contribution in [0.1, 0.15) is 23.3 Å². The van der Waals surface area contributed by atoms with Gasteiger partial charge in [0.1, 0.15) is 17.6 Å². The zero-order valence-corrected chi connectivity index (χ0v) is 21.3. The summed E-state index contributed by atoms with van der Waals surface area (Å²) >= 11 is 0. The number of halogens is 1. The molecule has 0 saturated carbocycles. The second-order valence-electron chi connectivity index (χ2n) is 7.78. The van der Waals surface area contributed by atoms with E-state index < -0.39 is 0 Å². The molecule has 1 saturated heterocycles. The maximum absolute atomic E-state index is 12.0. The molecule has 1 fully saturated rings. The first-order valence-corrected chi connectivity index (χ1v) is 10.6. The molecule has 3 rings (SSSR count). The van der Waals surface area contributed by atoms with Gasteiger partial charge in [0.25, 0.3) is 0 Å². The fourth-order valence-electron chi connectivity index (χ4n) is 3.10. The van der Waals surface area contributed by atoms with Crippen molar-refractivity contribution in [2.75, 3.05) is 40.4 Å². The second-order valence-corrected chi connectivity index (χ2v) is 7.78. The first-order chi connectivity index (χ1) is 15.0. The number of furan rings is 1. The minimum atomic E-state index is -0.0267. The van der Waals surface area contributed by atoms with Crippen LogP contribution < -0.4 is 15.4 Å². The molecule has 1 aromatic carbocycles. The molecule has 1 unspecified atom stereocenters. The molecule has 2 aromatic rings. The lowest BCUT2D eigenvalue weighted by Gasteiger charge is -2.17. The fraction of sp³-hybridized carbons (Fsp3) is 0.478. The molecule has 0 radical (unpaired) electrons. The largest absolute Gasteiger partial charge is 0.488 e.